The zero-order valence-corrected chi connectivity index (χ0v) is 10.3. The minimum Gasteiger partial charge on any atom is -0.496 e. The van der Waals surface area contributed by atoms with Crippen molar-refractivity contribution in [3.05, 3.63) is 47.3 Å². The number of aryl methyl sites for hydroxylation is 1. The van der Waals surface area contributed by atoms with E-state index < -0.39 is 5.97 Å². The summed E-state index contributed by atoms with van der Waals surface area (Å²) < 4.78 is 6.78. The number of rotatable bonds is 4. The summed E-state index contributed by atoms with van der Waals surface area (Å²) >= 11 is 0. The molecule has 0 fully saturated rings. The molecule has 5 nitrogen and oxygen atoms in total. The summed E-state index contributed by atoms with van der Waals surface area (Å²) in [6.45, 7) is 2.45. The number of hydrogen-bond acceptors (Lipinski definition) is 3. The van der Waals surface area contributed by atoms with Crippen molar-refractivity contribution in [1.82, 2.24) is 9.78 Å². The number of carboxylic acid groups (broad SMARTS) is 1. The Morgan fingerprint density at radius 2 is 2.22 bits per heavy atom. The van der Waals surface area contributed by atoms with Crippen LogP contribution in [0.5, 0.6) is 5.75 Å². The molecule has 0 bridgehead atoms. The Kier molecular flexibility index (Phi) is 3.32. The summed E-state index contributed by atoms with van der Waals surface area (Å²) in [6, 6.07) is 7.01. The van der Waals surface area contributed by atoms with E-state index in [2.05, 4.69) is 5.10 Å². The van der Waals surface area contributed by atoms with Crippen LogP contribution in [0.3, 0.4) is 0 Å². The van der Waals surface area contributed by atoms with Crippen LogP contribution < -0.4 is 4.74 Å². The lowest BCUT2D eigenvalue weighted by atomic mass is 10.1. The number of ether oxygens (including phenoxy) is 1. The molecule has 0 aliphatic heterocycles. The van der Waals surface area contributed by atoms with E-state index in [1.165, 1.54) is 7.11 Å². The third-order valence-corrected chi connectivity index (χ3v) is 2.61. The second-order valence-electron chi connectivity index (χ2n) is 3.99. The standard InChI is InChI=1S/C13H14N2O3/c1-9-5-6-15(14-9)8-10-3-4-12(18-2)11(7-10)13(16)17/h3-7H,8H2,1-2H3,(H,16,17). The number of carbonyl (C=O) groups is 1. The first kappa shape index (κ1) is 12.2. The number of nitrogens with zero attached hydrogens (tertiary/aromatic N) is 2. The maximum absolute atomic E-state index is 11.1. The third kappa shape index (κ3) is 2.51. The number of benzene rings is 1. The van der Waals surface area contributed by atoms with E-state index in [9.17, 15) is 4.79 Å². The van der Waals surface area contributed by atoms with Gasteiger partial charge < -0.3 is 9.84 Å². The van der Waals surface area contributed by atoms with Gasteiger partial charge in [0, 0.05) is 6.20 Å². The van der Waals surface area contributed by atoms with Gasteiger partial charge in [0.25, 0.3) is 0 Å². The lowest BCUT2D eigenvalue weighted by Gasteiger charge is -2.07. The molecule has 0 unspecified atom stereocenters. The second-order valence-corrected chi connectivity index (χ2v) is 3.99. The predicted octanol–water partition coefficient (Wildman–Crippen LogP) is 1.95. The van der Waals surface area contributed by atoms with Crippen LogP contribution in [0.2, 0.25) is 0 Å². The first-order valence-electron chi connectivity index (χ1n) is 5.50. The fraction of sp³-hybridized carbons (Fsp3) is 0.231. The maximum Gasteiger partial charge on any atom is 0.339 e. The molecular formula is C13H14N2O3. The van der Waals surface area contributed by atoms with Crippen molar-refractivity contribution in [2.24, 2.45) is 0 Å². The zero-order valence-electron chi connectivity index (χ0n) is 10.3. The van der Waals surface area contributed by atoms with Gasteiger partial charge in [0.05, 0.1) is 19.3 Å². The molecule has 0 radical (unpaired) electrons. The Balaban J connectivity index is 2.29. The van der Waals surface area contributed by atoms with Gasteiger partial charge in [0.1, 0.15) is 11.3 Å². The normalized spacial score (nSPS) is 10.3. The average Bonchev–Trinajstić information content (AvgIpc) is 2.74. The summed E-state index contributed by atoms with van der Waals surface area (Å²) in [6.07, 6.45) is 1.86. The van der Waals surface area contributed by atoms with Gasteiger partial charge in [-0.1, -0.05) is 6.07 Å². The van der Waals surface area contributed by atoms with Gasteiger partial charge in [-0.2, -0.15) is 5.10 Å². The summed E-state index contributed by atoms with van der Waals surface area (Å²) in [4.78, 5) is 11.1. The molecule has 1 aromatic carbocycles. The van der Waals surface area contributed by atoms with Gasteiger partial charge in [-0.25, -0.2) is 4.79 Å². The molecule has 18 heavy (non-hydrogen) atoms. The highest BCUT2D eigenvalue weighted by atomic mass is 16.5. The molecule has 5 heteroatoms. The van der Waals surface area contributed by atoms with Crippen LogP contribution in [-0.2, 0) is 6.54 Å². The minimum atomic E-state index is -0.995. The molecule has 0 aliphatic rings. The average molecular weight is 246 g/mol. The van der Waals surface area contributed by atoms with Crippen LogP contribution in [-0.4, -0.2) is 28.0 Å². The third-order valence-electron chi connectivity index (χ3n) is 2.61. The minimum absolute atomic E-state index is 0.166. The Morgan fingerprint density at radius 3 is 2.78 bits per heavy atom. The molecule has 2 rings (SSSR count). The van der Waals surface area contributed by atoms with Crippen LogP contribution in [0.4, 0.5) is 0 Å². The van der Waals surface area contributed by atoms with E-state index in [4.69, 9.17) is 9.84 Å². The number of aromatic carboxylic acids is 1. The SMILES string of the molecule is COc1ccc(Cn2ccc(C)n2)cc1C(=O)O. The molecule has 0 saturated carbocycles. The fourth-order valence-electron chi connectivity index (χ4n) is 1.76. The molecule has 94 valence electrons. The Bertz CT molecular complexity index is 575. The van der Waals surface area contributed by atoms with Crippen molar-refractivity contribution in [3.8, 4) is 5.75 Å². The fourth-order valence-corrected chi connectivity index (χ4v) is 1.76. The van der Waals surface area contributed by atoms with E-state index in [0.29, 0.717) is 12.3 Å². The Hall–Kier alpha value is -2.30. The van der Waals surface area contributed by atoms with E-state index >= 15 is 0 Å². The van der Waals surface area contributed by atoms with Gasteiger partial charge >= 0.3 is 5.97 Å². The summed E-state index contributed by atoms with van der Waals surface area (Å²) in [5.41, 5.74) is 1.97. The van der Waals surface area contributed by atoms with Crippen molar-refractivity contribution in [2.45, 2.75) is 13.5 Å². The van der Waals surface area contributed by atoms with Gasteiger partial charge in [0.15, 0.2) is 0 Å². The summed E-state index contributed by atoms with van der Waals surface area (Å²) in [7, 11) is 1.46. The quantitative estimate of drug-likeness (QED) is 0.895. The molecule has 0 saturated heterocycles. The van der Waals surface area contributed by atoms with E-state index in [0.717, 1.165) is 11.3 Å². The van der Waals surface area contributed by atoms with Crippen molar-refractivity contribution >= 4 is 5.97 Å². The van der Waals surface area contributed by atoms with Crippen molar-refractivity contribution in [3.63, 3.8) is 0 Å². The Labute approximate surface area is 105 Å². The first-order valence-corrected chi connectivity index (χ1v) is 5.50. The van der Waals surface area contributed by atoms with Crippen LogP contribution in [0.25, 0.3) is 0 Å². The van der Waals surface area contributed by atoms with Gasteiger partial charge in [0.2, 0.25) is 0 Å². The number of methoxy groups -OCH3 is 1. The van der Waals surface area contributed by atoms with Crippen molar-refractivity contribution in [2.75, 3.05) is 7.11 Å². The molecule has 0 aliphatic carbocycles. The monoisotopic (exact) mass is 246 g/mol. The van der Waals surface area contributed by atoms with Gasteiger partial charge in [-0.15, -0.1) is 0 Å². The molecular weight excluding hydrogens is 232 g/mol. The number of aromatic nitrogens is 2. The lowest BCUT2D eigenvalue weighted by molar-refractivity contribution is 0.0693. The van der Waals surface area contributed by atoms with Crippen LogP contribution >= 0.6 is 0 Å². The zero-order chi connectivity index (χ0) is 13.1. The molecule has 1 heterocycles. The number of hydrogen-bond donors (Lipinski definition) is 1. The molecule has 0 amide bonds. The highest BCUT2D eigenvalue weighted by Crippen LogP contribution is 2.20. The molecule has 1 aromatic heterocycles. The van der Waals surface area contributed by atoms with Crippen LogP contribution in [0.1, 0.15) is 21.6 Å². The second kappa shape index (κ2) is 4.91. The topological polar surface area (TPSA) is 64.4 Å². The highest BCUT2D eigenvalue weighted by Gasteiger charge is 2.11. The van der Waals surface area contributed by atoms with Gasteiger partial charge in [-0.3, -0.25) is 4.68 Å². The molecule has 2 aromatic rings. The van der Waals surface area contributed by atoms with Gasteiger partial charge in [-0.05, 0) is 30.7 Å². The molecule has 0 atom stereocenters. The summed E-state index contributed by atoms with van der Waals surface area (Å²) in [5, 5.41) is 13.4. The highest BCUT2D eigenvalue weighted by molar-refractivity contribution is 5.91. The van der Waals surface area contributed by atoms with Crippen molar-refractivity contribution in [1.29, 1.82) is 0 Å². The molecule has 1 N–H and O–H groups in total. The Morgan fingerprint density at radius 1 is 1.44 bits per heavy atom. The smallest absolute Gasteiger partial charge is 0.339 e. The molecule has 0 spiro atoms. The van der Waals surface area contributed by atoms with Crippen molar-refractivity contribution < 1.29 is 14.6 Å². The largest absolute Gasteiger partial charge is 0.496 e. The maximum atomic E-state index is 11.1. The lowest BCUT2D eigenvalue weighted by Crippen LogP contribution is -2.05. The van der Waals surface area contributed by atoms with Crippen LogP contribution in [0.15, 0.2) is 30.5 Å². The van der Waals surface area contributed by atoms with E-state index in [1.807, 2.05) is 25.3 Å². The predicted molar refractivity (Wildman–Crippen MR) is 66.0 cm³/mol. The van der Waals surface area contributed by atoms with E-state index in [1.54, 1.807) is 16.8 Å². The van der Waals surface area contributed by atoms with E-state index in [-0.39, 0.29) is 5.56 Å². The summed E-state index contributed by atoms with van der Waals surface area (Å²) in [5.74, 6) is -0.631. The first-order chi connectivity index (χ1) is 8.60. The number of carboxylic acids is 1. The van der Waals surface area contributed by atoms with Crippen LogP contribution in [0, 0.1) is 6.92 Å².